The molecule has 5 nitrogen and oxygen atoms in total. The average molecular weight is 348 g/mol. The molecule has 140 valence electrons. The molecule has 0 saturated heterocycles. The highest BCUT2D eigenvalue weighted by Crippen LogP contribution is 2.13. The highest BCUT2D eigenvalue weighted by atomic mass is 16.3. The molecule has 0 radical (unpaired) electrons. The fourth-order valence-electron chi connectivity index (χ4n) is 2.61. The largest absolute Gasteiger partial charge is 0.508 e. The predicted octanol–water partition coefficient (Wildman–Crippen LogP) is 4.37. The van der Waals surface area contributed by atoms with Crippen molar-refractivity contribution in [1.82, 2.24) is 5.32 Å². The molecule has 1 aromatic rings. The number of amides is 2. The summed E-state index contributed by atoms with van der Waals surface area (Å²) < 4.78 is 0. The van der Waals surface area contributed by atoms with Crippen LogP contribution in [0, 0.1) is 0 Å². The van der Waals surface area contributed by atoms with Crippen LogP contribution in [0.15, 0.2) is 24.3 Å². The molecule has 3 N–H and O–H groups in total. The van der Waals surface area contributed by atoms with Crippen molar-refractivity contribution in [2.24, 2.45) is 0 Å². The van der Waals surface area contributed by atoms with Gasteiger partial charge in [-0.25, -0.2) is 0 Å². The van der Waals surface area contributed by atoms with E-state index in [9.17, 15) is 14.7 Å². The SMILES string of the molecule is CCCCCCCCCCCC(=O)NCC(=O)Nc1ccc(O)cc1. The first-order valence-electron chi connectivity index (χ1n) is 9.47. The van der Waals surface area contributed by atoms with E-state index in [2.05, 4.69) is 17.6 Å². The number of carbonyl (C=O) groups is 2. The molecule has 0 heterocycles. The molecule has 0 aromatic heterocycles. The maximum Gasteiger partial charge on any atom is 0.243 e. The summed E-state index contributed by atoms with van der Waals surface area (Å²) in [6.45, 7) is 2.19. The zero-order chi connectivity index (χ0) is 18.3. The first-order chi connectivity index (χ1) is 12.1. The van der Waals surface area contributed by atoms with Gasteiger partial charge in [-0.3, -0.25) is 9.59 Å². The van der Waals surface area contributed by atoms with Gasteiger partial charge in [-0.2, -0.15) is 0 Å². The topological polar surface area (TPSA) is 78.4 Å². The summed E-state index contributed by atoms with van der Waals surface area (Å²) >= 11 is 0. The normalized spacial score (nSPS) is 10.4. The Labute approximate surface area is 151 Å². The number of aromatic hydroxyl groups is 1. The summed E-state index contributed by atoms with van der Waals surface area (Å²) in [4.78, 5) is 23.5. The number of unbranched alkanes of at least 4 members (excludes halogenated alkanes) is 8. The van der Waals surface area contributed by atoms with Gasteiger partial charge in [-0.1, -0.05) is 58.3 Å². The highest BCUT2D eigenvalue weighted by Gasteiger charge is 2.06. The Hall–Kier alpha value is -2.04. The van der Waals surface area contributed by atoms with Crippen molar-refractivity contribution in [2.75, 3.05) is 11.9 Å². The maximum absolute atomic E-state index is 11.7. The van der Waals surface area contributed by atoms with E-state index >= 15 is 0 Å². The first-order valence-corrected chi connectivity index (χ1v) is 9.47. The Bertz CT molecular complexity index is 500. The van der Waals surface area contributed by atoms with Gasteiger partial charge in [0, 0.05) is 12.1 Å². The molecule has 0 bridgehead atoms. The van der Waals surface area contributed by atoms with Crippen molar-refractivity contribution in [1.29, 1.82) is 0 Å². The molecule has 0 spiro atoms. The van der Waals surface area contributed by atoms with Gasteiger partial charge in [-0.05, 0) is 30.7 Å². The lowest BCUT2D eigenvalue weighted by Crippen LogP contribution is -2.32. The molecule has 0 fully saturated rings. The van der Waals surface area contributed by atoms with Crippen LogP contribution in [0.4, 0.5) is 5.69 Å². The van der Waals surface area contributed by atoms with Gasteiger partial charge in [0.25, 0.3) is 0 Å². The monoisotopic (exact) mass is 348 g/mol. The van der Waals surface area contributed by atoms with E-state index in [1.165, 1.54) is 57.1 Å². The third kappa shape index (κ3) is 11.2. The van der Waals surface area contributed by atoms with Gasteiger partial charge in [0.15, 0.2) is 0 Å². The maximum atomic E-state index is 11.7. The average Bonchev–Trinajstić information content (AvgIpc) is 2.60. The van der Waals surface area contributed by atoms with Gasteiger partial charge < -0.3 is 15.7 Å². The summed E-state index contributed by atoms with van der Waals surface area (Å²) in [5.41, 5.74) is 0.594. The van der Waals surface area contributed by atoms with Crippen molar-refractivity contribution in [3.63, 3.8) is 0 Å². The van der Waals surface area contributed by atoms with Crippen LogP contribution in [0.25, 0.3) is 0 Å². The fourth-order valence-corrected chi connectivity index (χ4v) is 2.61. The number of rotatable bonds is 13. The molecule has 2 amide bonds. The van der Waals surface area contributed by atoms with Crippen LogP contribution in [0.2, 0.25) is 0 Å². The van der Waals surface area contributed by atoms with Gasteiger partial charge in [0.05, 0.1) is 6.54 Å². The van der Waals surface area contributed by atoms with Crippen LogP contribution >= 0.6 is 0 Å². The molecule has 0 aliphatic rings. The van der Waals surface area contributed by atoms with E-state index in [4.69, 9.17) is 0 Å². The van der Waals surface area contributed by atoms with E-state index in [0.717, 1.165) is 12.8 Å². The number of phenolic OH excluding ortho intramolecular Hbond substituents is 1. The molecule has 1 aromatic carbocycles. The van der Waals surface area contributed by atoms with Gasteiger partial charge in [0.2, 0.25) is 11.8 Å². The lowest BCUT2D eigenvalue weighted by molar-refractivity contribution is -0.124. The third-order valence-electron chi connectivity index (χ3n) is 4.10. The van der Waals surface area contributed by atoms with Crippen molar-refractivity contribution < 1.29 is 14.7 Å². The Kier molecular flexibility index (Phi) is 11.2. The van der Waals surface area contributed by atoms with E-state index in [-0.39, 0.29) is 24.1 Å². The lowest BCUT2D eigenvalue weighted by atomic mass is 10.1. The molecule has 0 aliphatic heterocycles. The molecule has 0 unspecified atom stereocenters. The molecule has 0 saturated carbocycles. The summed E-state index contributed by atoms with van der Waals surface area (Å²) in [5, 5.41) is 14.5. The number of nitrogens with one attached hydrogen (secondary N) is 2. The number of anilines is 1. The Morgan fingerprint density at radius 1 is 0.840 bits per heavy atom. The second kappa shape index (κ2) is 13.3. The third-order valence-corrected chi connectivity index (χ3v) is 4.10. The van der Waals surface area contributed by atoms with E-state index < -0.39 is 0 Å². The number of hydrogen-bond acceptors (Lipinski definition) is 3. The predicted molar refractivity (Wildman–Crippen MR) is 102 cm³/mol. The van der Waals surface area contributed by atoms with Crippen LogP contribution in [0.1, 0.15) is 71.1 Å². The van der Waals surface area contributed by atoms with E-state index in [0.29, 0.717) is 12.1 Å². The Morgan fingerprint density at radius 2 is 1.40 bits per heavy atom. The summed E-state index contributed by atoms with van der Waals surface area (Å²) in [6, 6.07) is 6.21. The second-order valence-corrected chi connectivity index (χ2v) is 6.45. The van der Waals surface area contributed by atoms with Crippen LogP contribution in [-0.2, 0) is 9.59 Å². The van der Waals surface area contributed by atoms with Crippen molar-refractivity contribution in [2.45, 2.75) is 71.1 Å². The molecular formula is C20H32N2O3. The molecule has 25 heavy (non-hydrogen) atoms. The van der Waals surface area contributed by atoms with E-state index in [1.807, 2.05) is 0 Å². The van der Waals surface area contributed by atoms with Gasteiger partial charge >= 0.3 is 0 Å². The second-order valence-electron chi connectivity index (χ2n) is 6.45. The lowest BCUT2D eigenvalue weighted by Gasteiger charge is -2.07. The zero-order valence-corrected chi connectivity index (χ0v) is 15.4. The van der Waals surface area contributed by atoms with Crippen LogP contribution in [0.5, 0.6) is 5.75 Å². The quantitative estimate of drug-likeness (QED) is 0.366. The molecule has 0 atom stereocenters. The number of hydrogen-bond donors (Lipinski definition) is 3. The molecule has 5 heteroatoms. The molecular weight excluding hydrogens is 316 g/mol. The van der Waals surface area contributed by atoms with Crippen LogP contribution < -0.4 is 10.6 Å². The molecule has 1 rings (SSSR count). The minimum absolute atomic E-state index is 0.0306. The Balaban J connectivity index is 1.99. The standard InChI is InChI=1S/C20H32N2O3/c1-2-3-4-5-6-7-8-9-10-11-19(24)21-16-20(25)22-17-12-14-18(23)15-13-17/h12-15,23H,2-11,16H2,1H3,(H,21,24)(H,22,25). The van der Waals surface area contributed by atoms with Gasteiger partial charge in [0.1, 0.15) is 5.75 Å². The minimum atomic E-state index is -0.272. The first kappa shape index (κ1) is 21.0. The molecule has 0 aliphatic carbocycles. The van der Waals surface area contributed by atoms with E-state index in [1.54, 1.807) is 12.1 Å². The smallest absolute Gasteiger partial charge is 0.243 e. The van der Waals surface area contributed by atoms with Crippen molar-refractivity contribution >= 4 is 17.5 Å². The zero-order valence-electron chi connectivity index (χ0n) is 15.4. The van der Waals surface area contributed by atoms with Gasteiger partial charge in [-0.15, -0.1) is 0 Å². The van der Waals surface area contributed by atoms with Crippen molar-refractivity contribution in [3.05, 3.63) is 24.3 Å². The van der Waals surface area contributed by atoms with Crippen LogP contribution in [-0.4, -0.2) is 23.5 Å². The Morgan fingerprint density at radius 3 is 2.00 bits per heavy atom. The summed E-state index contributed by atoms with van der Waals surface area (Å²) in [5.74, 6) is -0.206. The van der Waals surface area contributed by atoms with Crippen molar-refractivity contribution in [3.8, 4) is 5.75 Å². The fraction of sp³-hybridized carbons (Fsp3) is 0.600. The highest BCUT2D eigenvalue weighted by molar-refractivity contribution is 5.94. The van der Waals surface area contributed by atoms with Crippen LogP contribution in [0.3, 0.4) is 0 Å². The summed E-state index contributed by atoms with van der Waals surface area (Å²) in [7, 11) is 0. The number of phenols is 1. The minimum Gasteiger partial charge on any atom is -0.508 e. The number of carbonyl (C=O) groups excluding carboxylic acids is 2. The number of benzene rings is 1. The summed E-state index contributed by atoms with van der Waals surface area (Å²) in [6.07, 6.45) is 11.4.